The van der Waals surface area contributed by atoms with Gasteiger partial charge in [-0.15, -0.1) is 0 Å². The smallest absolute Gasteiger partial charge is 0.338 e. The van der Waals surface area contributed by atoms with Crippen molar-refractivity contribution in [1.29, 1.82) is 0 Å². The summed E-state index contributed by atoms with van der Waals surface area (Å²) in [6, 6.07) is 6.65. The standard InChI is InChI=1S/C32H45NO8/c1-6-33-16-29(17-37-2)12-11-24(40-5)32-21-13-20-22(39-4)14-30(35,31(36,28(32)33)15-23(29)32)25(21)26(20)41-27(34)18-7-9-19(38-3)10-8-18/h7-10,20-26,28,35-36H,6,11-17H2,1-5H3/t20-,21-,22+,23-,24+,25-,26+,28-,29+,30-,31+,32-/m1/s1. The average molecular weight is 572 g/mol. The molecule has 5 aliphatic carbocycles. The van der Waals surface area contributed by atoms with Crippen molar-refractivity contribution >= 4 is 5.97 Å². The summed E-state index contributed by atoms with van der Waals surface area (Å²) in [5.74, 6) is -0.138. The number of fused-ring (bicyclic) bond motifs is 2. The lowest BCUT2D eigenvalue weighted by molar-refractivity contribution is -0.314. The second kappa shape index (κ2) is 9.37. The molecule has 7 bridgehead atoms. The van der Waals surface area contributed by atoms with Crippen LogP contribution in [0.25, 0.3) is 0 Å². The molecule has 0 aromatic heterocycles. The third-order valence-corrected chi connectivity index (χ3v) is 12.8. The molecule has 1 spiro atoms. The predicted octanol–water partition coefficient (Wildman–Crippen LogP) is 2.52. The quantitative estimate of drug-likeness (QED) is 0.455. The molecule has 5 saturated carbocycles. The Labute approximate surface area is 242 Å². The van der Waals surface area contributed by atoms with E-state index in [9.17, 15) is 15.0 Å². The molecule has 226 valence electrons. The summed E-state index contributed by atoms with van der Waals surface area (Å²) >= 11 is 0. The minimum Gasteiger partial charge on any atom is -0.497 e. The number of aliphatic hydroxyl groups is 2. The highest BCUT2D eigenvalue weighted by molar-refractivity contribution is 5.89. The molecule has 9 heteroatoms. The van der Waals surface area contributed by atoms with Gasteiger partial charge in [-0.05, 0) is 68.3 Å². The number of hydrogen-bond donors (Lipinski definition) is 2. The van der Waals surface area contributed by atoms with Crippen LogP contribution in [0.15, 0.2) is 24.3 Å². The topological polar surface area (TPSA) is 107 Å². The number of nitrogens with zero attached hydrogens (tertiary/aromatic N) is 1. The summed E-state index contributed by atoms with van der Waals surface area (Å²) in [6.45, 7) is 4.37. The van der Waals surface area contributed by atoms with E-state index in [0.717, 1.165) is 32.4 Å². The second-order valence-corrected chi connectivity index (χ2v) is 13.7. The maximum atomic E-state index is 13.6. The highest BCUT2D eigenvalue weighted by Crippen LogP contribution is 2.80. The first-order chi connectivity index (χ1) is 19.7. The number of likely N-dealkylation sites (tertiary alicyclic amines) is 1. The number of ether oxygens (including phenoxy) is 5. The Bertz CT molecular complexity index is 1190. The maximum absolute atomic E-state index is 13.6. The van der Waals surface area contributed by atoms with Crippen LogP contribution in [0.1, 0.15) is 49.4 Å². The van der Waals surface area contributed by atoms with Crippen LogP contribution in [0.4, 0.5) is 0 Å². The van der Waals surface area contributed by atoms with E-state index in [-0.39, 0.29) is 41.4 Å². The Hall–Kier alpha value is -1.75. The summed E-state index contributed by atoms with van der Waals surface area (Å²) in [6.07, 6.45) is 2.44. The fourth-order valence-corrected chi connectivity index (χ4v) is 11.7. The highest BCUT2D eigenvalue weighted by atomic mass is 16.6. The van der Waals surface area contributed by atoms with Crippen LogP contribution >= 0.6 is 0 Å². The largest absolute Gasteiger partial charge is 0.497 e. The third kappa shape index (κ3) is 3.26. The van der Waals surface area contributed by atoms with Crippen molar-refractivity contribution in [3.8, 4) is 5.75 Å². The number of rotatable bonds is 8. The summed E-state index contributed by atoms with van der Waals surface area (Å²) < 4.78 is 30.0. The molecule has 1 aliphatic heterocycles. The molecule has 41 heavy (non-hydrogen) atoms. The van der Waals surface area contributed by atoms with Crippen LogP contribution < -0.4 is 4.74 Å². The number of carbonyl (C=O) groups is 1. The van der Waals surface area contributed by atoms with E-state index in [1.807, 2.05) is 0 Å². The Morgan fingerprint density at radius 2 is 1.80 bits per heavy atom. The molecule has 1 aromatic rings. The minimum absolute atomic E-state index is 0.0000708. The van der Waals surface area contributed by atoms with E-state index < -0.39 is 34.6 Å². The van der Waals surface area contributed by atoms with E-state index >= 15 is 0 Å². The molecule has 1 saturated heterocycles. The van der Waals surface area contributed by atoms with Crippen molar-refractivity contribution in [2.75, 3.05) is 48.1 Å². The van der Waals surface area contributed by atoms with Crippen LogP contribution in [0.2, 0.25) is 0 Å². The first-order valence-corrected chi connectivity index (χ1v) is 15.3. The van der Waals surface area contributed by atoms with Gasteiger partial charge in [0.25, 0.3) is 0 Å². The normalized spacial score (nSPS) is 49.1. The molecule has 9 nitrogen and oxygen atoms in total. The fourth-order valence-electron chi connectivity index (χ4n) is 11.7. The van der Waals surface area contributed by atoms with Crippen LogP contribution in [-0.2, 0) is 18.9 Å². The van der Waals surface area contributed by atoms with Crippen LogP contribution in [0.5, 0.6) is 5.75 Å². The molecule has 2 N–H and O–H groups in total. The molecular formula is C32H45NO8. The molecule has 1 aromatic carbocycles. The monoisotopic (exact) mass is 571 g/mol. The van der Waals surface area contributed by atoms with Gasteiger partial charge in [-0.25, -0.2) is 4.79 Å². The third-order valence-electron chi connectivity index (χ3n) is 12.8. The SMILES string of the molecule is CCN1C[C@]2(COC)CC[C@H](OC)[C@@]34[C@@H]5C[C@H]6[C@H](OC(=O)c7ccc(OC)cc7)[C@@H]5[C@](O)(C[C@@H]6OC)[C@](O)(C[C@H]23)[C@@H]14. The summed E-state index contributed by atoms with van der Waals surface area (Å²) in [7, 11) is 6.82. The summed E-state index contributed by atoms with van der Waals surface area (Å²) in [5.41, 5.74) is -2.97. The lowest BCUT2D eigenvalue weighted by Crippen LogP contribution is -2.81. The van der Waals surface area contributed by atoms with Gasteiger partial charge >= 0.3 is 5.97 Å². The van der Waals surface area contributed by atoms with Gasteiger partial charge in [0.15, 0.2) is 0 Å². The van der Waals surface area contributed by atoms with Gasteiger partial charge in [-0.1, -0.05) is 6.92 Å². The van der Waals surface area contributed by atoms with E-state index in [2.05, 4.69) is 11.8 Å². The molecule has 0 radical (unpaired) electrons. The zero-order valence-electron chi connectivity index (χ0n) is 24.9. The van der Waals surface area contributed by atoms with Gasteiger partial charge < -0.3 is 33.9 Å². The van der Waals surface area contributed by atoms with Crippen LogP contribution in [0.3, 0.4) is 0 Å². The number of carbonyl (C=O) groups excluding carboxylic acids is 1. The lowest BCUT2D eigenvalue weighted by atomic mass is 9.42. The minimum atomic E-state index is -1.47. The lowest BCUT2D eigenvalue weighted by Gasteiger charge is -2.70. The first kappa shape index (κ1) is 28.0. The molecule has 12 atom stereocenters. The van der Waals surface area contributed by atoms with Crippen molar-refractivity contribution in [3.63, 3.8) is 0 Å². The Morgan fingerprint density at radius 1 is 1.05 bits per heavy atom. The van der Waals surface area contributed by atoms with Gasteiger partial charge in [0.05, 0.1) is 31.5 Å². The number of hydrogen-bond acceptors (Lipinski definition) is 9. The van der Waals surface area contributed by atoms with Crippen LogP contribution in [-0.4, -0.2) is 105 Å². The highest BCUT2D eigenvalue weighted by Gasteiger charge is 2.88. The zero-order chi connectivity index (χ0) is 28.9. The Balaban J connectivity index is 1.37. The first-order valence-electron chi connectivity index (χ1n) is 15.3. The molecule has 7 rings (SSSR count). The van der Waals surface area contributed by atoms with Gasteiger partial charge in [-0.2, -0.15) is 0 Å². The Kier molecular flexibility index (Phi) is 6.41. The average Bonchev–Trinajstić information content (AvgIpc) is 3.39. The molecule has 6 aliphatic rings. The number of likely N-dealkylation sites (N-methyl/N-ethyl adjacent to an activating group) is 1. The van der Waals surface area contributed by atoms with Crippen molar-refractivity contribution < 1.29 is 38.7 Å². The van der Waals surface area contributed by atoms with Crippen LogP contribution in [0, 0.1) is 34.5 Å². The van der Waals surface area contributed by atoms with E-state index in [1.165, 1.54) is 0 Å². The van der Waals surface area contributed by atoms with Crippen molar-refractivity contribution in [2.24, 2.45) is 34.5 Å². The van der Waals surface area contributed by atoms with Gasteiger partial charge in [0, 0.05) is 63.0 Å². The summed E-state index contributed by atoms with van der Waals surface area (Å²) in [4.78, 5) is 16.0. The van der Waals surface area contributed by atoms with Gasteiger partial charge in [0.1, 0.15) is 23.1 Å². The summed E-state index contributed by atoms with van der Waals surface area (Å²) in [5, 5.41) is 26.0. The number of esters is 1. The van der Waals surface area contributed by atoms with Crippen molar-refractivity contribution in [2.45, 2.75) is 74.6 Å². The fraction of sp³-hybridized carbons (Fsp3) is 0.781. The number of benzene rings is 1. The van der Waals surface area contributed by atoms with E-state index in [0.29, 0.717) is 30.8 Å². The molecule has 0 amide bonds. The predicted molar refractivity (Wildman–Crippen MR) is 149 cm³/mol. The van der Waals surface area contributed by atoms with E-state index in [4.69, 9.17) is 23.7 Å². The molecular weight excluding hydrogens is 526 g/mol. The van der Waals surface area contributed by atoms with Gasteiger partial charge in [-0.3, -0.25) is 4.90 Å². The molecule has 0 unspecified atom stereocenters. The van der Waals surface area contributed by atoms with E-state index in [1.54, 1.807) is 52.7 Å². The van der Waals surface area contributed by atoms with Crippen molar-refractivity contribution in [1.82, 2.24) is 4.90 Å². The maximum Gasteiger partial charge on any atom is 0.338 e. The number of piperidine rings is 1. The molecule has 6 fully saturated rings. The zero-order valence-corrected chi connectivity index (χ0v) is 24.9. The van der Waals surface area contributed by atoms with Gasteiger partial charge in [0.2, 0.25) is 0 Å². The Morgan fingerprint density at radius 3 is 2.44 bits per heavy atom. The van der Waals surface area contributed by atoms with Crippen molar-refractivity contribution in [3.05, 3.63) is 29.8 Å². The molecule has 1 heterocycles. The number of methoxy groups -OCH3 is 4. The second-order valence-electron chi connectivity index (χ2n) is 13.7.